The molecule has 2 N–H and O–H groups in total. The van der Waals surface area contributed by atoms with Gasteiger partial charge in [-0.05, 0) is 41.0 Å². The minimum Gasteiger partial charge on any atom is -0.340 e. The van der Waals surface area contributed by atoms with Gasteiger partial charge in [-0.3, -0.25) is 9.59 Å². The van der Waals surface area contributed by atoms with Gasteiger partial charge in [0.1, 0.15) is 11.9 Å². The van der Waals surface area contributed by atoms with Crippen molar-refractivity contribution in [2.24, 2.45) is 11.0 Å². The van der Waals surface area contributed by atoms with E-state index in [0.717, 1.165) is 16.3 Å². The van der Waals surface area contributed by atoms with Crippen molar-refractivity contribution >= 4 is 28.8 Å². The van der Waals surface area contributed by atoms with Gasteiger partial charge in [0.15, 0.2) is 0 Å². The molecule has 29 heavy (non-hydrogen) atoms. The third-order valence-electron chi connectivity index (χ3n) is 4.54. The average molecular weight is 391 g/mol. The lowest BCUT2D eigenvalue weighted by molar-refractivity contribution is -0.123. The number of fused-ring (bicyclic) bond motifs is 1. The van der Waals surface area contributed by atoms with Crippen LogP contribution >= 0.6 is 0 Å². The summed E-state index contributed by atoms with van der Waals surface area (Å²) in [5.41, 5.74) is 3.66. The molecule has 3 rings (SSSR count). The third kappa shape index (κ3) is 5.04. The number of rotatable bonds is 6. The van der Waals surface area contributed by atoms with Crippen molar-refractivity contribution in [1.29, 1.82) is 0 Å². The Bertz CT molecular complexity index is 1040. The third-order valence-corrected chi connectivity index (χ3v) is 4.54. The van der Waals surface area contributed by atoms with Crippen LogP contribution in [0.3, 0.4) is 0 Å². The van der Waals surface area contributed by atoms with Gasteiger partial charge in [0.2, 0.25) is 0 Å². The highest BCUT2D eigenvalue weighted by Crippen LogP contribution is 2.16. The van der Waals surface area contributed by atoms with E-state index in [1.807, 2.05) is 56.3 Å². The van der Waals surface area contributed by atoms with Crippen LogP contribution in [0.4, 0.5) is 4.39 Å². The molecule has 2 amide bonds. The van der Waals surface area contributed by atoms with E-state index < -0.39 is 23.7 Å². The summed E-state index contributed by atoms with van der Waals surface area (Å²) in [5, 5.41) is 8.85. The molecule has 0 aromatic heterocycles. The molecule has 0 saturated heterocycles. The summed E-state index contributed by atoms with van der Waals surface area (Å²) in [4.78, 5) is 24.9. The Morgan fingerprint density at radius 3 is 2.38 bits per heavy atom. The molecule has 148 valence electrons. The van der Waals surface area contributed by atoms with Crippen molar-refractivity contribution in [2.45, 2.75) is 19.9 Å². The molecular formula is C23H22FN3O2. The highest BCUT2D eigenvalue weighted by atomic mass is 19.1. The molecule has 6 heteroatoms. The first kappa shape index (κ1) is 20.2. The van der Waals surface area contributed by atoms with Crippen molar-refractivity contribution < 1.29 is 14.0 Å². The van der Waals surface area contributed by atoms with Gasteiger partial charge in [-0.15, -0.1) is 0 Å². The SMILES string of the molecule is CC(C)C(NC(=O)c1ccc(F)cc1)C(=O)N/N=C/c1cccc2ccccc12. The van der Waals surface area contributed by atoms with E-state index in [2.05, 4.69) is 15.8 Å². The monoisotopic (exact) mass is 391 g/mol. The smallest absolute Gasteiger partial charge is 0.262 e. The van der Waals surface area contributed by atoms with Crippen LogP contribution in [-0.4, -0.2) is 24.1 Å². The highest BCUT2D eigenvalue weighted by molar-refractivity contribution is 6.00. The Hall–Kier alpha value is -3.54. The number of hydrogen-bond acceptors (Lipinski definition) is 3. The molecule has 5 nitrogen and oxygen atoms in total. The van der Waals surface area contributed by atoms with Crippen molar-refractivity contribution in [3.8, 4) is 0 Å². The van der Waals surface area contributed by atoms with Crippen molar-refractivity contribution in [2.75, 3.05) is 0 Å². The fourth-order valence-corrected chi connectivity index (χ4v) is 2.96. The number of halogens is 1. The number of amides is 2. The van der Waals surface area contributed by atoms with E-state index in [1.54, 1.807) is 6.21 Å². The molecular weight excluding hydrogens is 369 g/mol. The summed E-state index contributed by atoms with van der Waals surface area (Å²) in [6, 6.07) is 18.1. The lowest BCUT2D eigenvalue weighted by Crippen LogP contribution is -2.48. The van der Waals surface area contributed by atoms with Gasteiger partial charge in [-0.1, -0.05) is 56.3 Å². The maximum absolute atomic E-state index is 13.0. The van der Waals surface area contributed by atoms with E-state index in [-0.39, 0.29) is 11.5 Å². The maximum atomic E-state index is 13.0. The highest BCUT2D eigenvalue weighted by Gasteiger charge is 2.24. The Morgan fingerprint density at radius 2 is 1.66 bits per heavy atom. The minimum atomic E-state index is -0.780. The van der Waals surface area contributed by atoms with E-state index in [9.17, 15) is 14.0 Å². The van der Waals surface area contributed by atoms with Gasteiger partial charge in [0.05, 0.1) is 6.21 Å². The first-order chi connectivity index (χ1) is 14.0. The lowest BCUT2D eigenvalue weighted by atomic mass is 10.0. The Labute approximate surface area is 168 Å². The number of nitrogens with one attached hydrogen (secondary N) is 2. The lowest BCUT2D eigenvalue weighted by Gasteiger charge is -2.20. The number of carbonyl (C=O) groups excluding carboxylic acids is 2. The van der Waals surface area contributed by atoms with Crippen LogP contribution in [0.5, 0.6) is 0 Å². The minimum absolute atomic E-state index is 0.160. The number of carbonyl (C=O) groups is 2. The summed E-state index contributed by atoms with van der Waals surface area (Å²) in [7, 11) is 0. The molecule has 0 aliphatic carbocycles. The molecule has 0 radical (unpaired) electrons. The first-order valence-corrected chi connectivity index (χ1v) is 9.33. The number of hydrazone groups is 1. The van der Waals surface area contributed by atoms with Crippen LogP contribution in [0.2, 0.25) is 0 Å². The largest absolute Gasteiger partial charge is 0.340 e. The Balaban J connectivity index is 1.68. The van der Waals surface area contributed by atoms with Gasteiger partial charge >= 0.3 is 0 Å². The van der Waals surface area contributed by atoms with Crippen molar-refractivity contribution in [3.05, 3.63) is 83.7 Å². The van der Waals surface area contributed by atoms with Gasteiger partial charge in [-0.25, -0.2) is 9.82 Å². The maximum Gasteiger partial charge on any atom is 0.262 e. The average Bonchev–Trinajstić information content (AvgIpc) is 2.72. The molecule has 0 spiro atoms. The van der Waals surface area contributed by atoms with Crippen LogP contribution < -0.4 is 10.7 Å². The van der Waals surface area contributed by atoms with Gasteiger partial charge in [-0.2, -0.15) is 5.10 Å². The molecule has 0 aliphatic rings. The van der Waals surface area contributed by atoms with E-state index in [0.29, 0.717) is 0 Å². The quantitative estimate of drug-likeness (QED) is 0.494. The van der Waals surface area contributed by atoms with Crippen LogP contribution in [0.1, 0.15) is 29.8 Å². The molecule has 0 aliphatic heterocycles. The van der Waals surface area contributed by atoms with E-state index in [4.69, 9.17) is 0 Å². The fraction of sp³-hybridized carbons (Fsp3) is 0.174. The zero-order chi connectivity index (χ0) is 20.8. The molecule has 0 fully saturated rings. The van der Waals surface area contributed by atoms with Gasteiger partial charge < -0.3 is 5.32 Å². The topological polar surface area (TPSA) is 70.6 Å². The van der Waals surface area contributed by atoms with Gasteiger partial charge in [0, 0.05) is 11.1 Å². The number of benzene rings is 3. The van der Waals surface area contributed by atoms with Crippen LogP contribution in [0.25, 0.3) is 10.8 Å². The normalized spacial score (nSPS) is 12.3. The molecule has 1 atom stereocenters. The molecule has 0 saturated carbocycles. The van der Waals surface area contributed by atoms with Crippen molar-refractivity contribution in [3.63, 3.8) is 0 Å². The van der Waals surface area contributed by atoms with Crippen LogP contribution in [-0.2, 0) is 4.79 Å². The standard InChI is InChI=1S/C23H22FN3O2/c1-15(2)21(26-22(28)17-10-12-19(24)13-11-17)23(29)27-25-14-18-8-5-7-16-6-3-4-9-20(16)18/h3-15,21H,1-2H3,(H,26,28)(H,27,29)/b25-14+. The predicted octanol–water partition coefficient (Wildman–Crippen LogP) is 3.88. The molecule has 1 unspecified atom stereocenters. The second-order valence-corrected chi connectivity index (χ2v) is 7.00. The van der Waals surface area contributed by atoms with Crippen LogP contribution in [0, 0.1) is 11.7 Å². The Morgan fingerprint density at radius 1 is 0.966 bits per heavy atom. The molecule has 3 aromatic rings. The predicted molar refractivity (Wildman–Crippen MR) is 112 cm³/mol. The van der Waals surface area contributed by atoms with Crippen LogP contribution in [0.15, 0.2) is 71.8 Å². The zero-order valence-corrected chi connectivity index (χ0v) is 16.2. The summed E-state index contributed by atoms with van der Waals surface area (Å²) >= 11 is 0. The summed E-state index contributed by atoms with van der Waals surface area (Å²) in [6.07, 6.45) is 1.58. The molecule has 0 heterocycles. The summed E-state index contributed by atoms with van der Waals surface area (Å²) < 4.78 is 13.0. The van der Waals surface area contributed by atoms with Crippen molar-refractivity contribution in [1.82, 2.24) is 10.7 Å². The molecule has 0 bridgehead atoms. The first-order valence-electron chi connectivity index (χ1n) is 9.33. The fourth-order valence-electron chi connectivity index (χ4n) is 2.96. The summed E-state index contributed by atoms with van der Waals surface area (Å²) in [5.74, 6) is -1.46. The molecule has 3 aromatic carbocycles. The Kier molecular flexibility index (Phi) is 6.34. The number of hydrogen-bond donors (Lipinski definition) is 2. The zero-order valence-electron chi connectivity index (χ0n) is 16.2. The summed E-state index contributed by atoms with van der Waals surface area (Å²) in [6.45, 7) is 3.65. The second kappa shape index (κ2) is 9.10. The van der Waals surface area contributed by atoms with E-state index >= 15 is 0 Å². The van der Waals surface area contributed by atoms with E-state index in [1.165, 1.54) is 24.3 Å². The second-order valence-electron chi connectivity index (χ2n) is 7.00. The van der Waals surface area contributed by atoms with Gasteiger partial charge in [0.25, 0.3) is 11.8 Å². The number of nitrogens with zero attached hydrogens (tertiary/aromatic N) is 1.